The van der Waals surface area contributed by atoms with E-state index in [9.17, 15) is 22.8 Å². The zero-order chi connectivity index (χ0) is 14.8. The van der Waals surface area contributed by atoms with Gasteiger partial charge in [-0.15, -0.1) is 0 Å². The summed E-state index contributed by atoms with van der Waals surface area (Å²) in [6, 6.07) is -1.38. The van der Waals surface area contributed by atoms with E-state index in [1.54, 1.807) is 6.92 Å². The van der Waals surface area contributed by atoms with Crippen LogP contribution in [0.25, 0.3) is 0 Å². The highest BCUT2D eigenvalue weighted by Crippen LogP contribution is 2.25. The van der Waals surface area contributed by atoms with Gasteiger partial charge in [-0.25, -0.2) is 4.79 Å². The van der Waals surface area contributed by atoms with Crippen molar-refractivity contribution in [3.8, 4) is 0 Å². The highest BCUT2D eigenvalue weighted by Gasteiger charge is 2.38. The van der Waals surface area contributed by atoms with E-state index in [0.29, 0.717) is 17.7 Å². The van der Waals surface area contributed by atoms with Gasteiger partial charge in [0.25, 0.3) is 0 Å². The molecule has 0 aliphatic carbocycles. The number of nitrogens with zero attached hydrogens (tertiary/aromatic N) is 2. The maximum absolute atomic E-state index is 12.2. The number of hydrogen-bond acceptors (Lipinski definition) is 2. The van der Waals surface area contributed by atoms with Gasteiger partial charge in [0.15, 0.2) is 0 Å². The fourth-order valence-corrected chi connectivity index (χ4v) is 2.30. The summed E-state index contributed by atoms with van der Waals surface area (Å²) < 4.78 is 36.7. The van der Waals surface area contributed by atoms with E-state index >= 15 is 0 Å². The number of carbonyl (C=O) groups excluding carboxylic acids is 1. The predicted molar refractivity (Wildman–Crippen MR) is 60.6 cm³/mol. The summed E-state index contributed by atoms with van der Waals surface area (Å²) in [6.45, 7) is 0.496. The summed E-state index contributed by atoms with van der Waals surface area (Å²) in [7, 11) is 1.06. The fourth-order valence-electron chi connectivity index (χ4n) is 2.30. The van der Waals surface area contributed by atoms with Gasteiger partial charge >= 0.3 is 18.2 Å². The molecule has 1 heterocycles. The molecule has 5 nitrogen and oxygen atoms in total. The second-order valence-electron chi connectivity index (χ2n) is 4.77. The Bertz CT molecular complexity index is 360. The van der Waals surface area contributed by atoms with Crippen LogP contribution in [0.5, 0.6) is 0 Å². The molecule has 1 aliphatic heterocycles. The number of amides is 2. The molecule has 0 unspecified atom stereocenters. The minimum absolute atomic E-state index is 0.284. The van der Waals surface area contributed by atoms with Gasteiger partial charge in [-0.1, -0.05) is 0 Å². The van der Waals surface area contributed by atoms with Gasteiger partial charge in [0.2, 0.25) is 0 Å². The molecule has 19 heavy (non-hydrogen) atoms. The van der Waals surface area contributed by atoms with Crippen molar-refractivity contribution in [2.75, 3.05) is 20.1 Å². The van der Waals surface area contributed by atoms with Gasteiger partial charge in [-0.05, 0) is 19.8 Å². The Kier molecular flexibility index (Phi) is 4.65. The molecule has 1 rings (SSSR count). The number of urea groups is 1. The third-order valence-corrected chi connectivity index (χ3v) is 3.29. The highest BCUT2D eigenvalue weighted by molar-refractivity contribution is 5.77. The first-order valence-electron chi connectivity index (χ1n) is 5.95. The Morgan fingerprint density at radius 2 is 2.00 bits per heavy atom. The molecule has 1 fully saturated rings. The number of likely N-dealkylation sites (tertiary alicyclic amines) is 1. The summed E-state index contributed by atoms with van der Waals surface area (Å²) in [5.41, 5.74) is 0. The van der Waals surface area contributed by atoms with Crippen molar-refractivity contribution in [2.24, 2.45) is 5.92 Å². The van der Waals surface area contributed by atoms with Crippen LogP contribution in [-0.4, -0.2) is 59.3 Å². The summed E-state index contributed by atoms with van der Waals surface area (Å²) in [5.74, 6) is -1.75. The summed E-state index contributed by atoms with van der Waals surface area (Å²) in [6.07, 6.45) is -3.55. The SMILES string of the molecule is C[C@@H]1[C@H](C(=O)O)CCCN1C(=O)N(C)CC(F)(F)F. The number of aliphatic carboxylic acids is 1. The van der Waals surface area contributed by atoms with Crippen LogP contribution in [-0.2, 0) is 4.79 Å². The molecule has 1 N–H and O–H groups in total. The number of carboxylic acid groups (broad SMARTS) is 1. The van der Waals surface area contributed by atoms with Crippen molar-refractivity contribution in [1.29, 1.82) is 0 Å². The molecule has 2 atom stereocenters. The number of rotatable bonds is 2. The Labute approximate surface area is 109 Å². The first-order valence-corrected chi connectivity index (χ1v) is 5.95. The van der Waals surface area contributed by atoms with Gasteiger partial charge in [0.05, 0.1) is 5.92 Å². The maximum atomic E-state index is 12.2. The van der Waals surface area contributed by atoms with Crippen molar-refractivity contribution >= 4 is 12.0 Å². The first kappa shape index (κ1) is 15.6. The van der Waals surface area contributed by atoms with E-state index in [2.05, 4.69) is 0 Å². The van der Waals surface area contributed by atoms with Crippen LogP contribution in [0.1, 0.15) is 19.8 Å². The normalized spacial score (nSPS) is 24.2. The molecule has 0 spiro atoms. The molecule has 1 aliphatic rings. The number of alkyl halides is 3. The molecule has 1 saturated heterocycles. The Morgan fingerprint density at radius 1 is 1.42 bits per heavy atom. The van der Waals surface area contributed by atoms with Gasteiger partial charge in [-0.2, -0.15) is 13.2 Å². The average molecular weight is 282 g/mol. The minimum atomic E-state index is -4.46. The summed E-state index contributed by atoms with van der Waals surface area (Å²) >= 11 is 0. The largest absolute Gasteiger partial charge is 0.481 e. The monoisotopic (exact) mass is 282 g/mol. The van der Waals surface area contributed by atoms with Crippen molar-refractivity contribution in [3.63, 3.8) is 0 Å². The third-order valence-electron chi connectivity index (χ3n) is 3.29. The number of carboxylic acids is 1. The molecule has 0 bridgehead atoms. The van der Waals surface area contributed by atoms with Crippen LogP contribution in [0, 0.1) is 5.92 Å². The minimum Gasteiger partial charge on any atom is -0.481 e. The quantitative estimate of drug-likeness (QED) is 0.840. The molecule has 2 amide bonds. The number of hydrogen-bond donors (Lipinski definition) is 1. The fraction of sp³-hybridized carbons (Fsp3) is 0.818. The Hall–Kier alpha value is -1.47. The lowest BCUT2D eigenvalue weighted by atomic mass is 9.90. The molecule has 0 saturated carbocycles. The Morgan fingerprint density at radius 3 is 2.47 bits per heavy atom. The second kappa shape index (κ2) is 5.66. The van der Waals surface area contributed by atoms with Crippen LogP contribution >= 0.6 is 0 Å². The molecule has 0 aromatic rings. The first-order chi connectivity index (χ1) is 8.63. The summed E-state index contributed by atoms with van der Waals surface area (Å²) in [4.78, 5) is 24.7. The number of carbonyl (C=O) groups is 2. The zero-order valence-corrected chi connectivity index (χ0v) is 10.8. The van der Waals surface area contributed by atoms with Crippen molar-refractivity contribution in [3.05, 3.63) is 0 Å². The highest BCUT2D eigenvalue weighted by atomic mass is 19.4. The lowest BCUT2D eigenvalue weighted by Gasteiger charge is -2.39. The standard InChI is InChI=1S/C11H17F3N2O3/c1-7-8(9(17)18)4-3-5-16(7)10(19)15(2)6-11(12,13)14/h7-8H,3-6H2,1-2H3,(H,17,18)/t7-,8-/m1/s1. The molecular formula is C11H17F3N2O3. The van der Waals surface area contributed by atoms with E-state index in [1.807, 2.05) is 0 Å². The lowest BCUT2D eigenvalue weighted by molar-refractivity contribution is -0.146. The number of piperidine rings is 1. The van der Waals surface area contributed by atoms with Crippen LogP contribution in [0.3, 0.4) is 0 Å². The number of halogens is 3. The Balaban J connectivity index is 2.73. The zero-order valence-electron chi connectivity index (χ0n) is 10.8. The molecule has 0 aromatic heterocycles. The predicted octanol–water partition coefficient (Wildman–Crippen LogP) is 1.79. The molecule has 0 radical (unpaired) electrons. The third kappa shape index (κ3) is 4.00. The molecular weight excluding hydrogens is 265 g/mol. The van der Waals surface area contributed by atoms with E-state index in [0.717, 1.165) is 7.05 Å². The van der Waals surface area contributed by atoms with Crippen molar-refractivity contribution in [2.45, 2.75) is 32.0 Å². The molecule has 8 heteroatoms. The van der Waals surface area contributed by atoms with E-state index in [1.165, 1.54) is 4.90 Å². The van der Waals surface area contributed by atoms with Gasteiger partial charge < -0.3 is 14.9 Å². The van der Waals surface area contributed by atoms with E-state index in [4.69, 9.17) is 5.11 Å². The topological polar surface area (TPSA) is 60.9 Å². The lowest BCUT2D eigenvalue weighted by Crippen LogP contribution is -2.54. The summed E-state index contributed by atoms with van der Waals surface area (Å²) in [5, 5.41) is 9.00. The molecule has 110 valence electrons. The van der Waals surface area contributed by atoms with E-state index < -0.39 is 36.7 Å². The molecule has 0 aromatic carbocycles. The van der Waals surface area contributed by atoms with Crippen LogP contribution in [0.2, 0.25) is 0 Å². The smallest absolute Gasteiger partial charge is 0.406 e. The van der Waals surface area contributed by atoms with Gasteiger partial charge in [0, 0.05) is 19.6 Å². The van der Waals surface area contributed by atoms with Crippen LogP contribution in [0.4, 0.5) is 18.0 Å². The van der Waals surface area contributed by atoms with Crippen LogP contribution in [0.15, 0.2) is 0 Å². The van der Waals surface area contributed by atoms with Crippen molar-refractivity contribution < 1.29 is 27.9 Å². The van der Waals surface area contributed by atoms with Gasteiger partial charge in [-0.3, -0.25) is 4.79 Å². The second-order valence-corrected chi connectivity index (χ2v) is 4.77. The van der Waals surface area contributed by atoms with Crippen molar-refractivity contribution in [1.82, 2.24) is 9.80 Å². The maximum Gasteiger partial charge on any atom is 0.406 e. The van der Waals surface area contributed by atoms with Crippen LogP contribution < -0.4 is 0 Å². The average Bonchev–Trinajstić information content (AvgIpc) is 2.25. The van der Waals surface area contributed by atoms with E-state index in [-0.39, 0.29) is 6.54 Å². The van der Waals surface area contributed by atoms with Gasteiger partial charge in [0.1, 0.15) is 6.54 Å².